The predicted octanol–water partition coefficient (Wildman–Crippen LogP) is 2.83. The Morgan fingerprint density at radius 1 is 1.40 bits per heavy atom. The van der Waals surface area contributed by atoms with Gasteiger partial charge >= 0.3 is 0 Å². The molecule has 138 valence electrons. The first-order chi connectivity index (χ1) is 11.5. The SMILES string of the molecule is CCc1nncn1CCNC(=NC)NC(C)c1ccc(C)c(F)c1.I. The summed E-state index contributed by atoms with van der Waals surface area (Å²) in [5, 5.41) is 14.5. The third-order valence-electron chi connectivity index (χ3n) is 3.93. The van der Waals surface area contributed by atoms with Crippen molar-refractivity contribution in [3.8, 4) is 0 Å². The first kappa shape index (κ1) is 21.3. The average molecular weight is 460 g/mol. The lowest BCUT2D eigenvalue weighted by Gasteiger charge is -2.19. The fraction of sp³-hybridized carbons (Fsp3) is 0.471. The third kappa shape index (κ3) is 5.94. The summed E-state index contributed by atoms with van der Waals surface area (Å²) < 4.78 is 15.7. The third-order valence-corrected chi connectivity index (χ3v) is 3.93. The standard InChI is InChI=1S/C17H25FN6.HI/c1-5-16-23-21-11-24(16)9-8-20-17(19-4)22-13(3)14-7-6-12(2)15(18)10-14;/h6-7,10-11,13H,5,8-9H2,1-4H3,(H2,19,20,22);1H. The van der Waals surface area contributed by atoms with Crippen LogP contribution in [0.25, 0.3) is 0 Å². The fourth-order valence-corrected chi connectivity index (χ4v) is 2.40. The quantitative estimate of drug-likeness (QED) is 0.396. The molecule has 0 bridgehead atoms. The molecule has 0 radical (unpaired) electrons. The molecule has 0 saturated heterocycles. The van der Waals surface area contributed by atoms with E-state index in [-0.39, 0.29) is 35.8 Å². The van der Waals surface area contributed by atoms with E-state index >= 15 is 0 Å². The summed E-state index contributed by atoms with van der Waals surface area (Å²) >= 11 is 0. The molecule has 1 aromatic carbocycles. The second-order valence-corrected chi connectivity index (χ2v) is 5.67. The average Bonchev–Trinajstić information content (AvgIpc) is 3.03. The number of nitrogens with one attached hydrogen (secondary N) is 2. The Hall–Kier alpha value is -1.71. The Kier molecular flexibility index (Phi) is 8.81. The first-order valence-electron chi connectivity index (χ1n) is 8.15. The summed E-state index contributed by atoms with van der Waals surface area (Å²) in [5.41, 5.74) is 1.53. The van der Waals surface area contributed by atoms with Gasteiger partial charge in [-0.3, -0.25) is 4.99 Å². The van der Waals surface area contributed by atoms with Crippen LogP contribution in [0.1, 0.15) is 36.8 Å². The van der Waals surface area contributed by atoms with Crippen LogP contribution in [0.4, 0.5) is 4.39 Å². The van der Waals surface area contributed by atoms with Crippen LogP contribution in [0.3, 0.4) is 0 Å². The van der Waals surface area contributed by atoms with Gasteiger partial charge in [-0.25, -0.2) is 4.39 Å². The van der Waals surface area contributed by atoms with E-state index in [1.165, 1.54) is 0 Å². The van der Waals surface area contributed by atoms with Gasteiger partial charge in [0.05, 0.1) is 6.04 Å². The molecule has 6 nitrogen and oxygen atoms in total. The van der Waals surface area contributed by atoms with Crippen LogP contribution in [0.2, 0.25) is 0 Å². The normalized spacial score (nSPS) is 12.4. The zero-order chi connectivity index (χ0) is 17.5. The van der Waals surface area contributed by atoms with Crippen molar-refractivity contribution in [3.05, 3.63) is 47.3 Å². The van der Waals surface area contributed by atoms with Crippen molar-refractivity contribution in [2.75, 3.05) is 13.6 Å². The summed E-state index contributed by atoms with van der Waals surface area (Å²) in [6, 6.07) is 5.23. The molecule has 0 spiro atoms. The van der Waals surface area contributed by atoms with E-state index in [0.29, 0.717) is 18.1 Å². The molecule has 1 atom stereocenters. The molecule has 2 aromatic rings. The molecule has 1 heterocycles. The maximum absolute atomic E-state index is 13.7. The lowest BCUT2D eigenvalue weighted by Crippen LogP contribution is -2.40. The van der Waals surface area contributed by atoms with E-state index in [9.17, 15) is 4.39 Å². The molecule has 0 amide bonds. The van der Waals surface area contributed by atoms with Crippen LogP contribution in [-0.4, -0.2) is 34.3 Å². The number of aliphatic imine (C=N–C) groups is 1. The van der Waals surface area contributed by atoms with Gasteiger partial charge in [-0.1, -0.05) is 19.1 Å². The zero-order valence-electron chi connectivity index (χ0n) is 15.1. The number of halogens is 2. The van der Waals surface area contributed by atoms with Gasteiger partial charge in [-0.2, -0.15) is 0 Å². The van der Waals surface area contributed by atoms with Crippen LogP contribution in [-0.2, 0) is 13.0 Å². The molecule has 0 aliphatic rings. The lowest BCUT2D eigenvalue weighted by molar-refractivity contribution is 0.603. The van der Waals surface area contributed by atoms with Gasteiger partial charge in [0.2, 0.25) is 0 Å². The number of benzene rings is 1. The summed E-state index contributed by atoms with van der Waals surface area (Å²) in [6.07, 6.45) is 2.58. The van der Waals surface area contributed by atoms with Crippen molar-refractivity contribution < 1.29 is 4.39 Å². The Morgan fingerprint density at radius 3 is 2.80 bits per heavy atom. The van der Waals surface area contributed by atoms with Gasteiger partial charge in [0.15, 0.2) is 5.96 Å². The second-order valence-electron chi connectivity index (χ2n) is 5.67. The molecular formula is C17H26FIN6. The van der Waals surface area contributed by atoms with Crippen LogP contribution in [0, 0.1) is 12.7 Å². The highest BCUT2D eigenvalue weighted by atomic mass is 127. The van der Waals surface area contributed by atoms with Crippen molar-refractivity contribution in [2.45, 2.75) is 39.8 Å². The molecule has 2 N–H and O–H groups in total. The lowest BCUT2D eigenvalue weighted by atomic mass is 10.1. The summed E-state index contributed by atoms with van der Waals surface area (Å²) in [5.74, 6) is 1.45. The van der Waals surface area contributed by atoms with Crippen molar-refractivity contribution in [2.24, 2.45) is 4.99 Å². The van der Waals surface area contributed by atoms with Crippen LogP contribution >= 0.6 is 24.0 Å². The largest absolute Gasteiger partial charge is 0.355 e. The van der Waals surface area contributed by atoms with Crippen LogP contribution in [0.5, 0.6) is 0 Å². The summed E-state index contributed by atoms with van der Waals surface area (Å²) in [6.45, 7) is 7.24. The van der Waals surface area contributed by atoms with Gasteiger partial charge in [-0.15, -0.1) is 34.2 Å². The molecule has 0 fully saturated rings. The van der Waals surface area contributed by atoms with Gasteiger partial charge in [-0.05, 0) is 31.0 Å². The molecule has 25 heavy (non-hydrogen) atoms. The summed E-state index contributed by atoms with van der Waals surface area (Å²) in [4.78, 5) is 4.22. The van der Waals surface area contributed by atoms with Gasteiger partial charge in [0.1, 0.15) is 18.0 Å². The van der Waals surface area contributed by atoms with E-state index in [4.69, 9.17) is 0 Å². The Bertz CT molecular complexity index is 700. The topological polar surface area (TPSA) is 67.1 Å². The molecule has 8 heteroatoms. The summed E-state index contributed by atoms with van der Waals surface area (Å²) in [7, 11) is 1.72. The van der Waals surface area contributed by atoms with Crippen molar-refractivity contribution in [3.63, 3.8) is 0 Å². The van der Waals surface area contributed by atoms with Gasteiger partial charge < -0.3 is 15.2 Å². The first-order valence-corrected chi connectivity index (χ1v) is 8.15. The van der Waals surface area contributed by atoms with Crippen LogP contribution < -0.4 is 10.6 Å². The smallest absolute Gasteiger partial charge is 0.191 e. The number of aromatic nitrogens is 3. The number of rotatable bonds is 6. The predicted molar refractivity (Wildman–Crippen MR) is 109 cm³/mol. The Balaban J connectivity index is 0.00000312. The number of aryl methyl sites for hydroxylation is 2. The number of guanidine groups is 1. The van der Waals surface area contributed by atoms with Crippen LogP contribution in [0.15, 0.2) is 29.5 Å². The van der Waals surface area contributed by atoms with E-state index in [1.54, 1.807) is 32.4 Å². The highest BCUT2D eigenvalue weighted by Gasteiger charge is 2.10. The van der Waals surface area contributed by atoms with E-state index in [1.807, 2.05) is 17.6 Å². The molecule has 1 unspecified atom stereocenters. The Morgan fingerprint density at radius 2 is 2.16 bits per heavy atom. The molecule has 1 aromatic heterocycles. The number of nitrogens with zero attached hydrogens (tertiary/aromatic N) is 4. The highest BCUT2D eigenvalue weighted by molar-refractivity contribution is 14.0. The second kappa shape index (κ2) is 10.3. The van der Waals surface area contributed by atoms with E-state index in [0.717, 1.165) is 24.4 Å². The van der Waals surface area contributed by atoms with Gasteiger partial charge in [0.25, 0.3) is 0 Å². The maximum Gasteiger partial charge on any atom is 0.191 e. The minimum Gasteiger partial charge on any atom is -0.355 e. The molecule has 0 saturated carbocycles. The van der Waals surface area contributed by atoms with Gasteiger partial charge in [0, 0.05) is 26.6 Å². The molecule has 0 aliphatic heterocycles. The monoisotopic (exact) mass is 460 g/mol. The maximum atomic E-state index is 13.7. The van der Waals surface area contributed by atoms with E-state index < -0.39 is 0 Å². The molecule has 2 rings (SSSR count). The van der Waals surface area contributed by atoms with Crippen molar-refractivity contribution >= 4 is 29.9 Å². The van der Waals surface area contributed by atoms with E-state index in [2.05, 4.69) is 32.7 Å². The Labute approximate surface area is 165 Å². The highest BCUT2D eigenvalue weighted by Crippen LogP contribution is 2.16. The number of hydrogen-bond acceptors (Lipinski definition) is 3. The fourth-order valence-electron chi connectivity index (χ4n) is 2.40. The minimum absolute atomic E-state index is 0. The minimum atomic E-state index is -0.191. The molecule has 0 aliphatic carbocycles. The van der Waals surface area contributed by atoms with Crippen molar-refractivity contribution in [1.82, 2.24) is 25.4 Å². The number of hydrogen-bond donors (Lipinski definition) is 2. The molecular weight excluding hydrogens is 434 g/mol. The zero-order valence-corrected chi connectivity index (χ0v) is 17.4. The van der Waals surface area contributed by atoms with Crippen molar-refractivity contribution in [1.29, 1.82) is 0 Å².